The van der Waals surface area contributed by atoms with Gasteiger partial charge in [0, 0.05) is 54.6 Å². The van der Waals surface area contributed by atoms with E-state index in [2.05, 4.69) is 33.6 Å². The van der Waals surface area contributed by atoms with Crippen LogP contribution >= 0.6 is 11.8 Å². The second-order valence-corrected chi connectivity index (χ2v) is 8.47. The zero-order valence-electron chi connectivity index (χ0n) is 17.7. The first-order chi connectivity index (χ1) is 14.6. The number of carbonyl (C=O) groups is 1. The molecule has 7 nitrogen and oxygen atoms in total. The molecular formula is C22H27N5O2S. The number of hydrogen-bond donors (Lipinski definition) is 0. The summed E-state index contributed by atoms with van der Waals surface area (Å²) >= 11 is 1.44. The third-order valence-corrected chi connectivity index (χ3v) is 6.55. The Kier molecular flexibility index (Phi) is 6.34. The summed E-state index contributed by atoms with van der Waals surface area (Å²) in [6, 6.07) is 5.83. The quantitative estimate of drug-likeness (QED) is 0.402. The molecule has 0 radical (unpaired) electrons. The Bertz CT molecular complexity index is 1020. The van der Waals surface area contributed by atoms with Crippen molar-refractivity contribution in [3.63, 3.8) is 0 Å². The van der Waals surface area contributed by atoms with E-state index in [4.69, 9.17) is 4.74 Å². The average molecular weight is 426 g/mol. The Hall–Kier alpha value is -2.45. The fourth-order valence-corrected chi connectivity index (χ4v) is 4.84. The highest BCUT2D eigenvalue weighted by Crippen LogP contribution is 2.26. The van der Waals surface area contributed by atoms with Crippen LogP contribution in [0.2, 0.25) is 0 Å². The first-order valence-corrected chi connectivity index (χ1v) is 11.3. The van der Waals surface area contributed by atoms with E-state index >= 15 is 0 Å². The lowest BCUT2D eigenvalue weighted by Gasteiger charge is -2.14. The zero-order valence-corrected chi connectivity index (χ0v) is 18.5. The van der Waals surface area contributed by atoms with E-state index < -0.39 is 0 Å². The molecule has 1 atom stereocenters. The van der Waals surface area contributed by atoms with E-state index in [0.29, 0.717) is 5.75 Å². The van der Waals surface area contributed by atoms with E-state index in [-0.39, 0.29) is 11.9 Å². The van der Waals surface area contributed by atoms with Crippen LogP contribution in [0, 0.1) is 13.8 Å². The summed E-state index contributed by atoms with van der Waals surface area (Å²) in [5.41, 5.74) is 3.88. The lowest BCUT2D eigenvalue weighted by atomic mass is 10.2. The number of carbonyl (C=O) groups excluding carboxylic acids is 1. The number of aryl methyl sites for hydroxylation is 1. The van der Waals surface area contributed by atoms with Gasteiger partial charge in [-0.3, -0.25) is 9.78 Å². The number of rotatable bonds is 8. The normalized spacial score (nSPS) is 16.3. The monoisotopic (exact) mass is 425 g/mol. The molecule has 4 rings (SSSR count). The first-order valence-electron chi connectivity index (χ1n) is 10.4. The number of Topliss-reactive ketones (excluding diaryl/α,β-unsaturated/α-hetero) is 1. The molecule has 0 bridgehead atoms. The number of ketones is 1. The topological polar surface area (TPSA) is 74.8 Å². The van der Waals surface area contributed by atoms with Crippen molar-refractivity contribution in [3.05, 3.63) is 47.5 Å². The van der Waals surface area contributed by atoms with Crippen LogP contribution in [0.4, 0.5) is 0 Å². The number of ether oxygens (including phenoxy) is 1. The molecule has 1 saturated heterocycles. The minimum absolute atomic E-state index is 0.114. The molecule has 0 saturated carbocycles. The fourth-order valence-electron chi connectivity index (χ4n) is 3.96. The Balaban J connectivity index is 1.47. The van der Waals surface area contributed by atoms with E-state index in [0.717, 1.165) is 66.0 Å². The summed E-state index contributed by atoms with van der Waals surface area (Å²) in [5, 5.41) is 9.42. The van der Waals surface area contributed by atoms with Gasteiger partial charge < -0.3 is 13.9 Å². The van der Waals surface area contributed by atoms with Crippen LogP contribution < -0.4 is 0 Å². The Morgan fingerprint density at radius 3 is 2.73 bits per heavy atom. The Morgan fingerprint density at radius 1 is 1.23 bits per heavy atom. The van der Waals surface area contributed by atoms with Crippen molar-refractivity contribution in [1.29, 1.82) is 0 Å². The summed E-state index contributed by atoms with van der Waals surface area (Å²) in [7, 11) is 0. The van der Waals surface area contributed by atoms with Crippen LogP contribution in [-0.4, -0.2) is 48.6 Å². The van der Waals surface area contributed by atoms with Gasteiger partial charge in [0.25, 0.3) is 0 Å². The Morgan fingerprint density at radius 2 is 2.03 bits per heavy atom. The summed E-state index contributed by atoms with van der Waals surface area (Å²) in [4.78, 5) is 17.0. The Labute approximate surface area is 180 Å². The van der Waals surface area contributed by atoms with Crippen LogP contribution in [0.5, 0.6) is 0 Å². The number of aromatic nitrogens is 5. The smallest absolute Gasteiger partial charge is 0.191 e. The van der Waals surface area contributed by atoms with Gasteiger partial charge in [0.05, 0.1) is 11.9 Å². The maximum absolute atomic E-state index is 13.0. The minimum atomic E-state index is 0.114. The predicted octanol–water partition coefficient (Wildman–Crippen LogP) is 3.93. The van der Waals surface area contributed by atoms with Crippen LogP contribution in [0.1, 0.15) is 41.5 Å². The molecule has 30 heavy (non-hydrogen) atoms. The zero-order chi connectivity index (χ0) is 21.1. The molecule has 0 aromatic carbocycles. The maximum atomic E-state index is 13.0. The molecule has 0 spiro atoms. The van der Waals surface area contributed by atoms with Gasteiger partial charge in [-0.1, -0.05) is 11.8 Å². The van der Waals surface area contributed by atoms with Gasteiger partial charge in [-0.05, 0) is 51.8 Å². The average Bonchev–Trinajstić information content (AvgIpc) is 3.48. The van der Waals surface area contributed by atoms with Crippen molar-refractivity contribution in [2.75, 3.05) is 12.4 Å². The highest BCUT2D eigenvalue weighted by atomic mass is 32.2. The molecule has 158 valence electrons. The molecule has 0 unspecified atom stereocenters. The van der Waals surface area contributed by atoms with Crippen molar-refractivity contribution >= 4 is 17.5 Å². The number of nitrogens with zero attached hydrogens (tertiary/aromatic N) is 5. The van der Waals surface area contributed by atoms with Gasteiger partial charge in [0.2, 0.25) is 0 Å². The molecule has 8 heteroatoms. The van der Waals surface area contributed by atoms with Crippen LogP contribution in [-0.2, 0) is 17.8 Å². The van der Waals surface area contributed by atoms with E-state index in [1.165, 1.54) is 11.8 Å². The van der Waals surface area contributed by atoms with Gasteiger partial charge in [-0.15, -0.1) is 10.2 Å². The van der Waals surface area contributed by atoms with Gasteiger partial charge >= 0.3 is 0 Å². The number of pyridine rings is 1. The van der Waals surface area contributed by atoms with Crippen LogP contribution in [0.3, 0.4) is 0 Å². The molecule has 0 aliphatic carbocycles. The van der Waals surface area contributed by atoms with Gasteiger partial charge in [0.15, 0.2) is 16.8 Å². The summed E-state index contributed by atoms with van der Waals surface area (Å²) in [6.45, 7) is 8.52. The summed E-state index contributed by atoms with van der Waals surface area (Å²) in [5.74, 6) is 1.24. The molecule has 4 heterocycles. The van der Waals surface area contributed by atoms with E-state index in [1.54, 1.807) is 12.4 Å². The molecule has 3 aromatic heterocycles. The standard InChI is InChI=1S/C22H27N5O2S/c1-4-26-21(17-7-9-23-10-8-17)24-25-22(26)30-14-20(28)19-12-15(2)27(16(19)3)13-18-6-5-11-29-18/h7-10,12,18H,4-6,11,13-14H2,1-3H3/t18-/m1/s1. The molecular weight excluding hydrogens is 398 g/mol. The van der Waals surface area contributed by atoms with Gasteiger partial charge in [0.1, 0.15) is 0 Å². The van der Waals surface area contributed by atoms with Crippen molar-refractivity contribution in [2.24, 2.45) is 0 Å². The van der Waals surface area contributed by atoms with E-state index in [9.17, 15) is 4.79 Å². The largest absolute Gasteiger partial charge is 0.376 e. The molecule has 3 aromatic rings. The molecule has 0 amide bonds. The van der Waals surface area contributed by atoms with Crippen molar-refractivity contribution in [2.45, 2.75) is 58.0 Å². The molecule has 1 fully saturated rings. The lowest BCUT2D eigenvalue weighted by Crippen LogP contribution is -2.17. The van der Waals surface area contributed by atoms with Crippen molar-refractivity contribution in [1.82, 2.24) is 24.3 Å². The van der Waals surface area contributed by atoms with Crippen LogP contribution in [0.25, 0.3) is 11.4 Å². The molecule has 1 aliphatic rings. The van der Waals surface area contributed by atoms with Gasteiger partial charge in [-0.2, -0.15) is 0 Å². The number of thioether (sulfide) groups is 1. The fraction of sp³-hybridized carbons (Fsp3) is 0.455. The molecule has 0 N–H and O–H groups in total. The van der Waals surface area contributed by atoms with Crippen LogP contribution in [0.15, 0.2) is 35.7 Å². The van der Waals surface area contributed by atoms with Crippen molar-refractivity contribution in [3.8, 4) is 11.4 Å². The highest BCUT2D eigenvalue weighted by Gasteiger charge is 2.22. The third-order valence-electron chi connectivity index (χ3n) is 5.59. The highest BCUT2D eigenvalue weighted by molar-refractivity contribution is 7.99. The number of hydrogen-bond acceptors (Lipinski definition) is 6. The van der Waals surface area contributed by atoms with Gasteiger partial charge in [-0.25, -0.2) is 0 Å². The SMILES string of the molecule is CCn1c(SCC(=O)c2cc(C)n(C[C@H]3CCCO3)c2C)nnc1-c1ccncc1. The van der Waals surface area contributed by atoms with E-state index in [1.807, 2.05) is 29.7 Å². The second kappa shape index (κ2) is 9.14. The minimum Gasteiger partial charge on any atom is -0.376 e. The van der Waals surface area contributed by atoms with Crippen molar-refractivity contribution < 1.29 is 9.53 Å². The first kappa shape index (κ1) is 20.8. The third kappa shape index (κ3) is 4.20. The summed E-state index contributed by atoms with van der Waals surface area (Å²) < 4.78 is 10.0. The second-order valence-electron chi connectivity index (χ2n) is 7.53. The maximum Gasteiger partial charge on any atom is 0.191 e. The molecule has 1 aliphatic heterocycles. The summed E-state index contributed by atoms with van der Waals surface area (Å²) in [6.07, 6.45) is 5.94. The predicted molar refractivity (Wildman–Crippen MR) is 117 cm³/mol. The lowest BCUT2D eigenvalue weighted by molar-refractivity contribution is 0.0957.